The molecule has 20 heavy (non-hydrogen) atoms. The van der Waals surface area contributed by atoms with Crippen molar-refractivity contribution in [2.24, 2.45) is 0 Å². The number of rotatable bonds is 3. The minimum absolute atomic E-state index is 0.121. The quantitative estimate of drug-likeness (QED) is 0.874. The van der Waals surface area contributed by atoms with Crippen LogP contribution in [0.4, 0.5) is 0 Å². The van der Waals surface area contributed by atoms with Crippen LogP contribution in [0.5, 0.6) is 11.5 Å². The van der Waals surface area contributed by atoms with Crippen molar-refractivity contribution in [3.8, 4) is 11.5 Å². The molecule has 0 bridgehead atoms. The van der Waals surface area contributed by atoms with E-state index in [0.29, 0.717) is 0 Å². The van der Waals surface area contributed by atoms with Crippen LogP contribution in [0.1, 0.15) is 10.9 Å². The Labute approximate surface area is 126 Å². The molecule has 1 saturated heterocycles. The molecule has 1 fully saturated rings. The van der Waals surface area contributed by atoms with Gasteiger partial charge in [0.1, 0.15) is 16.9 Å². The maximum atomic E-state index is 11.4. The second-order valence-corrected chi connectivity index (χ2v) is 6.24. The van der Waals surface area contributed by atoms with Gasteiger partial charge in [-0.15, -0.1) is 23.4 Å². The zero-order valence-corrected chi connectivity index (χ0v) is 12.0. The second-order valence-electron chi connectivity index (χ2n) is 4.33. The van der Waals surface area contributed by atoms with E-state index < -0.39 is 4.71 Å². The van der Waals surface area contributed by atoms with Crippen molar-refractivity contribution in [1.29, 1.82) is 0 Å². The number of para-hydroxylation sites is 1. The van der Waals surface area contributed by atoms with E-state index in [4.69, 9.17) is 16.3 Å². The number of carbonyl (C=O) groups is 1. The van der Waals surface area contributed by atoms with E-state index in [0.717, 1.165) is 17.1 Å². The summed E-state index contributed by atoms with van der Waals surface area (Å²) in [5.41, 5.74) is 0.972. The highest BCUT2D eigenvalue weighted by atomic mass is 35.5. The number of halogens is 1. The molecule has 0 radical (unpaired) electrons. The molecular weight excluding hydrogens is 294 g/mol. The number of nitrogens with one attached hydrogen (secondary N) is 1. The van der Waals surface area contributed by atoms with Crippen LogP contribution in [0.2, 0.25) is 0 Å². The summed E-state index contributed by atoms with van der Waals surface area (Å²) < 4.78 is 5.25. The smallest absolute Gasteiger partial charge is 0.249 e. The number of hydrogen-bond donors (Lipinski definition) is 1. The Hall–Kier alpha value is -1.65. The fourth-order valence-electron chi connectivity index (χ4n) is 1.94. The van der Waals surface area contributed by atoms with E-state index in [2.05, 4.69) is 5.32 Å². The summed E-state index contributed by atoms with van der Waals surface area (Å²) in [7, 11) is 0. The molecular formula is C15H12ClNO2S. The Kier molecular flexibility index (Phi) is 3.85. The zero-order chi connectivity index (χ0) is 13.9. The fraction of sp³-hybridized carbons (Fsp3) is 0.133. The summed E-state index contributed by atoms with van der Waals surface area (Å²) >= 11 is 7.29. The number of benzene rings is 2. The molecule has 5 heteroatoms. The number of hydrogen-bond acceptors (Lipinski definition) is 3. The van der Waals surface area contributed by atoms with Gasteiger partial charge in [-0.25, -0.2) is 0 Å². The topological polar surface area (TPSA) is 38.3 Å². The lowest BCUT2D eigenvalue weighted by molar-refractivity contribution is -0.118. The Morgan fingerprint density at radius 1 is 1.05 bits per heavy atom. The highest BCUT2D eigenvalue weighted by Gasteiger charge is 2.31. The maximum absolute atomic E-state index is 11.4. The molecule has 2 atom stereocenters. The van der Waals surface area contributed by atoms with Crippen molar-refractivity contribution in [3.05, 3.63) is 60.2 Å². The molecule has 1 heterocycles. The van der Waals surface area contributed by atoms with E-state index >= 15 is 0 Å². The van der Waals surface area contributed by atoms with Crippen LogP contribution in [-0.2, 0) is 4.79 Å². The van der Waals surface area contributed by atoms with Gasteiger partial charge < -0.3 is 10.1 Å². The lowest BCUT2D eigenvalue weighted by Gasteiger charge is -2.11. The number of amides is 1. The molecule has 3 nitrogen and oxygen atoms in total. The first kappa shape index (κ1) is 13.3. The Balaban J connectivity index is 1.78. The minimum Gasteiger partial charge on any atom is -0.457 e. The first-order valence-corrected chi connectivity index (χ1v) is 7.53. The lowest BCUT2D eigenvalue weighted by Crippen LogP contribution is -2.21. The summed E-state index contributed by atoms with van der Waals surface area (Å²) in [4.78, 5) is 11.4. The van der Waals surface area contributed by atoms with Gasteiger partial charge >= 0.3 is 0 Å². The molecule has 0 aromatic heterocycles. The monoisotopic (exact) mass is 305 g/mol. The Morgan fingerprint density at radius 2 is 1.80 bits per heavy atom. The van der Waals surface area contributed by atoms with Crippen molar-refractivity contribution in [3.63, 3.8) is 0 Å². The number of carbonyl (C=O) groups excluding carboxylic acids is 1. The summed E-state index contributed by atoms with van der Waals surface area (Å²) in [6.45, 7) is 0. The maximum Gasteiger partial charge on any atom is 0.249 e. The lowest BCUT2D eigenvalue weighted by atomic mass is 10.2. The Morgan fingerprint density at radius 3 is 2.50 bits per heavy atom. The largest absolute Gasteiger partial charge is 0.457 e. The fourth-order valence-corrected chi connectivity index (χ4v) is 3.23. The second kappa shape index (κ2) is 5.77. The van der Waals surface area contributed by atoms with E-state index in [1.54, 1.807) is 0 Å². The molecule has 0 spiro atoms. The predicted octanol–water partition coefficient (Wildman–Crippen LogP) is 3.91. The average molecular weight is 306 g/mol. The van der Waals surface area contributed by atoms with Crippen molar-refractivity contribution in [1.82, 2.24) is 5.32 Å². The standard InChI is InChI=1S/C15H12ClNO2S/c16-13-14(18)17-15(20-13)10-5-4-8-12(9-10)19-11-6-2-1-3-7-11/h1-9,13,15H,(H,17,18). The highest BCUT2D eigenvalue weighted by molar-refractivity contribution is 8.02. The third-order valence-electron chi connectivity index (χ3n) is 2.87. The number of thioether (sulfide) groups is 1. The number of alkyl halides is 1. The van der Waals surface area contributed by atoms with Crippen LogP contribution < -0.4 is 10.1 Å². The molecule has 1 N–H and O–H groups in total. The van der Waals surface area contributed by atoms with E-state index in [9.17, 15) is 4.79 Å². The van der Waals surface area contributed by atoms with Crippen LogP contribution in [0.25, 0.3) is 0 Å². The molecule has 1 aliphatic heterocycles. The average Bonchev–Trinajstić information content (AvgIpc) is 2.80. The van der Waals surface area contributed by atoms with Gasteiger partial charge in [0.05, 0.1) is 0 Å². The van der Waals surface area contributed by atoms with E-state index in [1.807, 2.05) is 54.6 Å². The first-order valence-electron chi connectivity index (χ1n) is 6.15. The molecule has 0 aliphatic carbocycles. The molecule has 2 aromatic carbocycles. The van der Waals surface area contributed by atoms with Gasteiger partial charge in [0.15, 0.2) is 4.71 Å². The van der Waals surface area contributed by atoms with Crippen molar-refractivity contribution in [2.75, 3.05) is 0 Å². The van der Waals surface area contributed by atoms with E-state index in [1.165, 1.54) is 11.8 Å². The molecule has 2 unspecified atom stereocenters. The zero-order valence-electron chi connectivity index (χ0n) is 10.5. The van der Waals surface area contributed by atoms with Crippen molar-refractivity contribution < 1.29 is 9.53 Å². The summed E-state index contributed by atoms with van der Waals surface area (Å²) in [5, 5.41) is 2.73. The summed E-state index contributed by atoms with van der Waals surface area (Å²) in [6, 6.07) is 17.2. The molecule has 1 amide bonds. The van der Waals surface area contributed by atoms with Crippen LogP contribution in [0.15, 0.2) is 54.6 Å². The third-order valence-corrected chi connectivity index (χ3v) is 4.50. The first-order chi connectivity index (χ1) is 9.72. The van der Waals surface area contributed by atoms with Crippen LogP contribution in [0, 0.1) is 0 Å². The molecule has 3 rings (SSSR count). The third kappa shape index (κ3) is 2.92. The molecule has 102 valence electrons. The van der Waals surface area contributed by atoms with Crippen molar-refractivity contribution >= 4 is 29.3 Å². The normalized spacial score (nSPS) is 21.6. The van der Waals surface area contributed by atoms with Crippen molar-refractivity contribution in [2.45, 2.75) is 10.1 Å². The minimum atomic E-state index is -0.529. The van der Waals surface area contributed by atoms with Crippen LogP contribution in [0.3, 0.4) is 0 Å². The summed E-state index contributed by atoms with van der Waals surface area (Å²) in [6.07, 6.45) is 0. The van der Waals surface area contributed by atoms with Crippen LogP contribution >= 0.6 is 23.4 Å². The van der Waals surface area contributed by atoms with Gasteiger partial charge in [0.25, 0.3) is 0 Å². The van der Waals surface area contributed by atoms with Gasteiger partial charge in [-0.2, -0.15) is 0 Å². The Bertz CT molecular complexity index is 620. The molecule has 2 aromatic rings. The predicted molar refractivity (Wildman–Crippen MR) is 81.1 cm³/mol. The van der Waals surface area contributed by atoms with Gasteiger partial charge in [-0.1, -0.05) is 30.3 Å². The number of ether oxygens (including phenoxy) is 1. The molecule has 0 saturated carbocycles. The SMILES string of the molecule is O=C1NC(c2cccc(Oc3ccccc3)c2)SC1Cl. The van der Waals surface area contributed by atoms with Gasteiger partial charge in [0.2, 0.25) is 5.91 Å². The van der Waals surface area contributed by atoms with Gasteiger partial charge in [-0.3, -0.25) is 4.79 Å². The van der Waals surface area contributed by atoms with Gasteiger partial charge in [0, 0.05) is 0 Å². The molecule has 1 aliphatic rings. The highest BCUT2D eigenvalue weighted by Crippen LogP contribution is 2.38. The summed E-state index contributed by atoms with van der Waals surface area (Å²) in [5.74, 6) is 1.38. The van der Waals surface area contributed by atoms with Gasteiger partial charge in [-0.05, 0) is 29.8 Å². The van der Waals surface area contributed by atoms with Crippen LogP contribution in [-0.4, -0.2) is 10.6 Å². The van der Waals surface area contributed by atoms with E-state index in [-0.39, 0.29) is 11.3 Å².